The Kier molecular flexibility index (Phi) is 7.84. The maximum Gasteiger partial charge on any atom is 0.319 e. The van der Waals surface area contributed by atoms with Gasteiger partial charge in [-0.1, -0.05) is 18.2 Å². The van der Waals surface area contributed by atoms with E-state index in [1.807, 2.05) is 42.6 Å². The van der Waals surface area contributed by atoms with Gasteiger partial charge >= 0.3 is 6.03 Å². The normalized spacial score (nSPS) is 13.8. The van der Waals surface area contributed by atoms with Crippen LogP contribution in [-0.4, -0.2) is 83.9 Å². The van der Waals surface area contributed by atoms with Gasteiger partial charge in [0.15, 0.2) is 5.82 Å². The molecule has 1 aliphatic rings. The third kappa shape index (κ3) is 6.03. The van der Waals surface area contributed by atoms with Crippen molar-refractivity contribution in [3.05, 3.63) is 72.6 Å². The van der Waals surface area contributed by atoms with Crippen molar-refractivity contribution in [2.24, 2.45) is 0 Å². The average Bonchev–Trinajstić information content (AvgIpc) is 3.60. The van der Waals surface area contributed by atoms with Crippen molar-refractivity contribution in [1.29, 1.82) is 0 Å². The van der Waals surface area contributed by atoms with Crippen molar-refractivity contribution in [3.8, 4) is 11.4 Å². The Hall–Kier alpha value is -4.41. The first-order valence-corrected chi connectivity index (χ1v) is 14.1. The average molecular weight is 553 g/mol. The van der Waals surface area contributed by atoms with E-state index in [4.69, 9.17) is 14.7 Å². The number of aromatic amines is 1. The third-order valence-electron chi connectivity index (χ3n) is 7.45. The molecule has 1 aliphatic heterocycles. The summed E-state index contributed by atoms with van der Waals surface area (Å²) in [4.78, 5) is 30.3. The van der Waals surface area contributed by atoms with E-state index in [1.165, 1.54) is 10.9 Å². The highest BCUT2D eigenvalue weighted by Gasteiger charge is 2.20. The van der Waals surface area contributed by atoms with Gasteiger partial charge in [0, 0.05) is 67.3 Å². The molecule has 2 amide bonds. The van der Waals surface area contributed by atoms with Crippen LogP contribution < -0.4 is 15.5 Å². The number of amides is 2. The number of hydrogen-bond acceptors (Lipinski definition) is 6. The lowest BCUT2D eigenvalue weighted by Gasteiger charge is -2.28. The van der Waals surface area contributed by atoms with Gasteiger partial charge in [-0.3, -0.25) is 0 Å². The van der Waals surface area contributed by atoms with Gasteiger partial charge < -0.3 is 34.7 Å². The first-order chi connectivity index (χ1) is 20.0. The second-order valence-electron chi connectivity index (χ2n) is 10.6. The summed E-state index contributed by atoms with van der Waals surface area (Å²) >= 11 is 0. The summed E-state index contributed by atoms with van der Waals surface area (Å²) < 4.78 is 7.78. The van der Waals surface area contributed by atoms with Crippen LogP contribution in [0.4, 0.5) is 16.3 Å². The molecule has 1 fully saturated rings. The highest BCUT2D eigenvalue weighted by Crippen LogP contribution is 2.29. The Morgan fingerprint density at radius 1 is 1.02 bits per heavy atom. The van der Waals surface area contributed by atoms with Gasteiger partial charge in [0.2, 0.25) is 0 Å². The number of aromatic nitrogens is 4. The highest BCUT2D eigenvalue weighted by molar-refractivity contribution is 5.91. The summed E-state index contributed by atoms with van der Waals surface area (Å²) in [5.74, 6) is 1.60. The number of urea groups is 1. The van der Waals surface area contributed by atoms with Crippen molar-refractivity contribution in [1.82, 2.24) is 29.7 Å². The van der Waals surface area contributed by atoms with E-state index in [-0.39, 0.29) is 6.03 Å². The number of carbonyl (C=O) groups is 1. The van der Waals surface area contributed by atoms with Gasteiger partial charge in [0.1, 0.15) is 11.5 Å². The fourth-order valence-corrected chi connectivity index (χ4v) is 5.21. The minimum Gasteiger partial charge on any atom is -0.378 e. The molecule has 0 bridgehead atoms. The largest absolute Gasteiger partial charge is 0.378 e. The lowest BCUT2D eigenvalue weighted by Crippen LogP contribution is -2.37. The number of likely N-dealkylation sites (N-methyl/N-ethyl adjacent to an activating group) is 1. The molecule has 0 atom stereocenters. The van der Waals surface area contributed by atoms with Gasteiger partial charge in [-0.15, -0.1) is 0 Å². The summed E-state index contributed by atoms with van der Waals surface area (Å²) in [6.07, 6.45) is 4.85. The smallest absolute Gasteiger partial charge is 0.319 e. The monoisotopic (exact) mass is 552 g/mol. The minimum atomic E-state index is -0.233. The van der Waals surface area contributed by atoms with Crippen LogP contribution in [0.3, 0.4) is 0 Å². The highest BCUT2D eigenvalue weighted by atomic mass is 16.5. The van der Waals surface area contributed by atoms with Crippen molar-refractivity contribution in [3.63, 3.8) is 0 Å². The van der Waals surface area contributed by atoms with Crippen LogP contribution >= 0.6 is 0 Å². The molecule has 6 rings (SSSR count). The second kappa shape index (κ2) is 12.0. The second-order valence-corrected chi connectivity index (χ2v) is 10.6. The SMILES string of the molecule is CN(C)CCn1ccc2c(N3CCOCC3)nc(-c3ccc(NC(=O)NCCc4c[nH]c5ccccc45)cc3)nc21. The predicted molar refractivity (Wildman–Crippen MR) is 164 cm³/mol. The molecule has 0 spiro atoms. The first-order valence-electron chi connectivity index (χ1n) is 14.1. The van der Waals surface area contributed by atoms with E-state index in [0.29, 0.717) is 31.3 Å². The van der Waals surface area contributed by atoms with Crippen LogP contribution in [0.5, 0.6) is 0 Å². The fraction of sp³-hybridized carbons (Fsp3) is 0.323. The number of carbonyl (C=O) groups excluding carboxylic acids is 1. The lowest BCUT2D eigenvalue weighted by molar-refractivity contribution is 0.122. The van der Waals surface area contributed by atoms with Crippen molar-refractivity contribution < 1.29 is 9.53 Å². The molecule has 0 radical (unpaired) electrons. The van der Waals surface area contributed by atoms with Crippen molar-refractivity contribution in [2.45, 2.75) is 13.0 Å². The number of anilines is 2. The summed E-state index contributed by atoms with van der Waals surface area (Å²) in [5.41, 5.74) is 4.82. The molecule has 0 aliphatic carbocycles. The Morgan fingerprint density at radius 2 is 1.83 bits per heavy atom. The van der Waals surface area contributed by atoms with E-state index < -0.39 is 0 Å². The molecule has 212 valence electrons. The molecule has 1 saturated heterocycles. The summed E-state index contributed by atoms with van der Waals surface area (Å²) in [7, 11) is 4.15. The summed E-state index contributed by atoms with van der Waals surface area (Å²) in [5, 5.41) is 8.13. The number of nitrogens with zero attached hydrogens (tertiary/aromatic N) is 5. The maximum atomic E-state index is 12.6. The van der Waals surface area contributed by atoms with Gasteiger partial charge in [-0.05, 0) is 62.5 Å². The van der Waals surface area contributed by atoms with E-state index in [2.05, 4.69) is 68.5 Å². The van der Waals surface area contributed by atoms with Gasteiger partial charge in [-0.25, -0.2) is 14.8 Å². The molecule has 0 saturated carbocycles. The predicted octanol–water partition coefficient (Wildman–Crippen LogP) is 4.34. The zero-order valence-electron chi connectivity index (χ0n) is 23.6. The topological polar surface area (TPSA) is 103 Å². The van der Waals surface area contributed by atoms with Crippen LogP contribution in [0.15, 0.2) is 67.0 Å². The number of morpholine rings is 1. The van der Waals surface area contributed by atoms with Crippen LogP contribution in [0.2, 0.25) is 0 Å². The third-order valence-corrected chi connectivity index (χ3v) is 7.45. The van der Waals surface area contributed by atoms with Gasteiger partial charge in [0.25, 0.3) is 0 Å². The number of H-pyrrole nitrogens is 1. The Bertz CT molecular complexity index is 1630. The number of fused-ring (bicyclic) bond motifs is 2. The molecule has 5 aromatic rings. The fourth-order valence-electron chi connectivity index (χ4n) is 5.21. The number of hydrogen-bond donors (Lipinski definition) is 3. The molecule has 0 unspecified atom stereocenters. The Labute approximate surface area is 239 Å². The van der Waals surface area contributed by atoms with Crippen molar-refractivity contribution in [2.75, 3.05) is 63.7 Å². The zero-order valence-corrected chi connectivity index (χ0v) is 23.6. The number of rotatable bonds is 9. The summed E-state index contributed by atoms with van der Waals surface area (Å²) in [6.45, 7) is 5.27. The molecule has 41 heavy (non-hydrogen) atoms. The first kappa shape index (κ1) is 26.8. The van der Waals surface area contributed by atoms with Crippen LogP contribution in [0, 0.1) is 0 Å². The molecule has 3 aromatic heterocycles. The number of para-hydroxylation sites is 1. The number of ether oxygens (including phenoxy) is 1. The lowest BCUT2D eigenvalue weighted by atomic mass is 10.1. The standard InChI is InChI=1S/C31H36N8O2/c1-37(2)15-16-38-14-12-26-29(38)35-28(36-30(26)39-17-19-41-20-18-39)22-7-9-24(10-8-22)34-31(40)32-13-11-23-21-33-27-6-4-3-5-25(23)27/h3-10,12,14,21,33H,11,13,15-20H2,1-2H3,(H2,32,34,40). The summed E-state index contributed by atoms with van der Waals surface area (Å²) in [6, 6.07) is 17.8. The van der Waals surface area contributed by atoms with Gasteiger partial charge in [0.05, 0.1) is 18.6 Å². The maximum absolute atomic E-state index is 12.6. The molecule has 3 N–H and O–H groups in total. The van der Waals surface area contributed by atoms with Crippen LogP contribution in [0.1, 0.15) is 5.56 Å². The molecular weight excluding hydrogens is 516 g/mol. The van der Waals surface area contributed by atoms with E-state index >= 15 is 0 Å². The number of benzene rings is 2. The minimum absolute atomic E-state index is 0.233. The Balaban J connectivity index is 1.16. The van der Waals surface area contributed by atoms with Gasteiger partial charge in [-0.2, -0.15) is 0 Å². The molecule has 2 aromatic carbocycles. The quantitative estimate of drug-likeness (QED) is 0.251. The Morgan fingerprint density at radius 3 is 2.63 bits per heavy atom. The molecular formula is C31H36N8O2. The van der Waals surface area contributed by atoms with Crippen LogP contribution in [0.25, 0.3) is 33.3 Å². The molecule has 10 nitrogen and oxygen atoms in total. The van der Waals surface area contributed by atoms with E-state index in [9.17, 15) is 4.79 Å². The van der Waals surface area contributed by atoms with E-state index in [0.717, 1.165) is 60.5 Å². The van der Waals surface area contributed by atoms with Crippen molar-refractivity contribution >= 4 is 39.5 Å². The van der Waals surface area contributed by atoms with E-state index in [1.54, 1.807) is 0 Å². The zero-order chi connectivity index (χ0) is 28.2. The molecule has 4 heterocycles. The number of nitrogens with one attached hydrogen (secondary N) is 3. The molecule has 10 heteroatoms. The van der Waals surface area contributed by atoms with Crippen LogP contribution in [-0.2, 0) is 17.7 Å².